The molecule has 2 aliphatic rings. The molecule has 30 heavy (non-hydrogen) atoms. The summed E-state index contributed by atoms with van der Waals surface area (Å²) < 4.78 is 0. The Kier molecular flexibility index (Phi) is 4.89. The molecule has 0 spiro atoms. The van der Waals surface area contributed by atoms with E-state index in [0.29, 0.717) is 17.3 Å². The number of hydrogen-bond donors (Lipinski definition) is 1. The Morgan fingerprint density at radius 3 is 2.30 bits per heavy atom. The van der Waals surface area contributed by atoms with Crippen molar-refractivity contribution >= 4 is 5.82 Å². The van der Waals surface area contributed by atoms with E-state index in [1.54, 1.807) is 6.07 Å². The molecule has 0 amide bonds. The van der Waals surface area contributed by atoms with E-state index < -0.39 is 0 Å². The number of benzene rings is 1. The molecule has 2 aliphatic carbocycles. The zero-order chi connectivity index (χ0) is 20.7. The van der Waals surface area contributed by atoms with Gasteiger partial charge in [0.25, 0.3) is 0 Å². The number of aryl methyl sites for hydroxylation is 1. The summed E-state index contributed by atoms with van der Waals surface area (Å²) in [5.41, 5.74) is 4.26. The van der Waals surface area contributed by atoms with Gasteiger partial charge in [-0.05, 0) is 73.9 Å². The molecule has 0 aliphatic heterocycles. The first kappa shape index (κ1) is 19.0. The molecule has 5 rings (SSSR count). The summed E-state index contributed by atoms with van der Waals surface area (Å²) in [6.45, 7) is 1.96. The zero-order valence-corrected chi connectivity index (χ0v) is 17.6. The van der Waals surface area contributed by atoms with Crippen molar-refractivity contribution in [2.75, 3.05) is 11.9 Å². The van der Waals surface area contributed by atoms with Gasteiger partial charge >= 0.3 is 0 Å². The molecule has 5 heteroatoms. The van der Waals surface area contributed by atoms with Gasteiger partial charge in [-0.15, -0.1) is 10.2 Å². The van der Waals surface area contributed by atoms with Crippen LogP contribution in [0.2, 0.25) is 0 Å². The molecule has 2 bridgehead atoms. The first-order valence-electron chi connectivity index (χ1n) is 10.9. The van der Waals surface area contributed by atoms with E-state index in [1.807, 2.05) is 49.5 Å². The molecule has 0 unspecified atom stereocenters. The first-order chi connectivity index (χ1) is 14.6. The lowest BCUT2D eigenvalue weighted by Crippen LogP contribution is -2.37. The number of nitrogens with zero attached hydrogens (tertiary/aromatic N) is 4. The second-order valence-corrected chi connectivity index (χ2v) is 8.98. The van der Waals surface area contributed by atoms with Crippen LogP contribution < -0.4 is 4.90 Å². The second-order valence-electron chi connectivity index (χ2n) is 8.98. The molecular weight excluding hydrogens is 372 g/mol. The molecule has 3 atom stereocenters. The summed E-state index contributed by atoms with van der Waals surface area (Å²) in [5.74, 6) is 2.89. The van der Waals surface area contributed by atoms with Crippen LogP contribution in [0.5, 0.6) is 5.75 Å². The van der Waals surface area contributed by atoms with Gasteiger partial charge in [0.05, 0.1) is 5.69 Å². The maximum atomic E-state index is 10.6. The van der Waals surface area contributed by atoms with Gasteiger partial charge in [-0.25, -0.2) is 0 Å². The average molecular weight is 401 g/mol. The van der Waals surface area contributed by atoms with Gasteiger partial charge in [-0.3, -0.25) is 4.98 Å². The lowest BCUT2D eigenvalue weighted by Gasteiger charge is -2.35. The van der Waals surface area contributed by atoms with Crippen molar-refractivity contribution in [2.24, 2.45) is 11.8 Å². The van der Waals surface area contributed by atoms with Crippen LogP contribution in [-0.4, -0.2) is 33.4 Å². The SMILES string of the molecule is Cc1ccc(-c2ccc(-c3ccc(N(C)[C@H]4C[C@@H]5CC[C@@H](C5)C4)nn3)c(O)c2)cn1. The minimum atomic E-state index is 0.201. The Bertz CT molecular complexity index is 1020. The van der Waals surface area contributed by atoms with Gasteiger partial charge in [0.2, 0.25) is 0 Å². The highest BCUT2D eigenvalue weighted by Gasteiger charge is 2.36. The van der Waals surface area contributed by atoms with Gasteiger partial charge in [0.1, 0.15) is 5.75 Å². The zero-order valence-electron chi connectivity index (χ0n) is 17.6. The lowest BCUT2D eigenvalue weighted by molar-refractivity contribution is 0.312. The van der Waals surface area contributed by atoms with Gasteiger partial charge in [-0.2, -0.15) is 0 Å². The molecule has 1 N–H and O–H groups in total. The smallest absolute Gasteiger partial charge is 0.151 e. The maximum Gasteiger partial charge on any atom is 0.151 e. The van der Waals surface area contributed by atoms with Crippen molar-refractivity contribution in [1.29, 1.82) is 0 Å². The highest BCUT2D eigenvalue weighted by atomic mass is 16.3. The lowest BCUT2D eigenvalue weighted by atomic mass is 9.85. The third-order valence-corrected chi connectivity index (χ3v) is 6.94. The summed E-state index contributed by atoms with van der Waals surface area (Å²) in [6.07, 6.45) is 8.58. The molecular formula is C25H28N4O. The Labute approximate surface area is 177 Å². The summed E-state index contributed by atoms with van der Waals surface area (Å²) >= 11 is 0. The summed E-state index contributed by atoms with van der Waals surface area (Å²) in [5, 5.41) is 19.5. The van der Waals surface area contributed by atoms with E-state index >= 15 is 0 Å². The van der Waals surface area contributed by atoms with Gasteiger partial charge in [-0.1, -0.05) is 25.0 Å². The first-order valence-corrected chi connectivity index (χ1v) is 10.9. The Morgan fingerprint density at radius 2 is 1.67 bits per heavy atom. The Hall–Kier alpha value is -2.95. The maximum absolute atomic E-state index is 10.6. The normalized spacial score (nSPS) is 22.8. The molecule has 0 radical (unpaired) electrons. The third-order valence-electron chi connectivity index (χ3n) is 6.94. The molecule has 2 saturated carbocycles. The number of pyridine rings is 1. The van der Waals surface area contributed by atoms with E-state index in [-0.39, 0.29) is 5.75 Å². The minimum absolute atomic E-state index is 0.201. The van der Waals surface area contributed by atoms with E-state index in [2.05, 4.69) is 27.1 Å². The van der Waals surface area contributed by atoms with E-state index in [9.17, 15) is 5.11 Å². The summed E-state index contributed by atoms with van der Waals surface area (Å²) in [6, 6.07) is 14.2. The molecule has 0 saturated heterocycles. The van der Waals surface area contributed by atoms with Crippen LogP contribution in [0.15, 0.2) is 48.7 Å². The molecule has 2 heterocycles. The number of aromatic hydroxyl groups is 1. The van der Waals surface area contributed by atoms with Crippen molar-refractivity contribution in [3.8, 4) is 28.1 Å². The number of aromatic nitrogens is 3. The molecule has 154 valence electrons. The van der Waals surface area contributed by atoms with Gasteiger partial charge in [0, 0.05) is 36.1 Å². The van der Waals surface area contributed by atoms with Crippen LogP contribution in [0.1, 0.15) is 37.8 Å². The van der Waals surface area contributed by atoms with Crippen molar-refractivity contribution in [3.63, 3.8) is 0 Å². The standard InChI is InChI=1S/C25H28N4O/c1-16-3-6-20(15-26-16)19-7-8-22(24(30)14-19)23-9-10-25(28-27-23)29(2)21-12-17-4-5-18(11-17)13-21/h3,6-10,14-15,17-18,21,30H,4-5,11-13H2,1-2H3/t17-,18+,21+. The van der Waals surface area contributed by atoms with E-state index in [0.717, 1.165) is 34.5 Å². The fourth-order valence-electron chi connectivity index (χ4n) is 5.20. The average Bonchev–Trinajstić information content (AvgIpc) is 3.11. The Balaban J connectivity index is 1.34. The predicted molar refractivity (Wildman–Crippen MR) is 119 cm³/mol. The summed E-state index contributed by atoms with van der Waals surface area (Å²) in [4.78, 5) is 6.64. The molecule has 2 fully saturated rings. The largest absolute Gasteiger partial charge is 0.507 e. The third kappa shape index (κ3) is 3.64. The van der Waals surface area contributed by atoms with Crippen LogP contribution in [0.4, 0.5) is 5.82 Å². The number of rotatable bonds is 4. The molecule has 1 aromatic carbocycles. The van der Waals surface area contributed by atoms with E-state index in [1.165, 1.54) is 32.1 Å². The molecule has 3 aromatic rings. The molecule has 5 nitrogen and oxygen atoms in total. The van der Waals surface area contributed by atoms with Crippen molar-refractivity contribution in [3.05, 3.63) is 54.4 Å². The fraction of sp³-hybridized carbons (Fsp3) is 0.400. The predicted octanol–water partition coefficient (Wildman–Crippen LogP) is 5.23. The number of phenolic OH excluding ortho intramolecular Hbond substituents is 1. The second kappa shape index (κ2) is 7.71. The van der Waals surface area contributed by atoms with Crippen LogP contribution in [0.3, 0.4) is 0 Å². The topological polar surface area (TPSA) is 62.1 Å². The Morgan fingerprint density at radius 1 is 0.900 bits per heavy atom. The van der Waals surface area contributed by atoms with Crippen LogP contribution in [0, 0.1) is 18.8 Å². The van der Waals surface area contributed by atoms with Crippen molar-refractivity contribution in [2.45, 2.75) is 45.1 Å². The van der Waals surface area contributed by atoms with Crippen LogP contribution >= 0.6 is 0 Å². The van der Waals surface area contributed by atoms with E-state index in [4.69, 9.17) is 0 Å². The van der Waals surface area contributed by atoms with Crippen molar-refractivity contribution < 1.29 is 5.11 Å². The van der Waals surface area contributed by atoms with Crippen LogP contribution in [0.25, 0.3) is 22.4 Å². The monoisotopic (exact) mass is 400 g/mol. The fourth-order valence-corrected chi connectivity index (χ4v) is 5.20. The van der Waals surface area contributed by atoms with Crippen molar-refractivity contribution in [1.82, 2.24) is 15.2 Å². The van der Waals surface area contributed by atoms with Gasteiger partial charge in [0.15, 0.2) is 5.82 Å². The number of anilines is 1. The van der Waals surface area contributed by atoms with Gasteiger partial charge < -0.3 is 10.0 Å². The number of fused-ring (bicyclic) bond motifs is 2. The minimum Gasteiger partial charge on any atom is -0.507 e. The summed E-state index contributed by atoms with van der Waals surface area (Å²) in [7, 11) is 2.14. The highest BCUT2D eigenvalue weighted by Crippen LogP contribution is 2.43. The quantitative estimate of drug-likeness (QED) is 0.649. The van der Waals surface area contributed by atoms with Crippen LogP contribution in [-0.2, 0) is 0 Å². The molecule has 2 aromatic heterocycles. The number of phenols is 1. The number of hydrogen-bond acceptors (Lipinski definition) is 5. The highest BCUT2D eigenvalue weighted by molar-refractivity contribution is 5.74.